The Bertz CT molecular complexity index is 1370. The minimum Gasteiger partial charge on any atom is -0.495 e. The number of methoxy groups -OCH3 is 1. The van der Waals surface area contributed by atoms with Crippen LogP contribution in [0.4, 0.5) is 0 Å². The number of fused-ring (bicyclic) bond motifs is 3. The molecule has 33 heavy (non-hydrogen) atoms. The first-order valence-electron chi connectivity index (χ1n) is 11.1. The van der Waals surface area contributed by atoms with Crippen molar-refractivity contribution < 1.29 is 9.53 Å². The second kappa shape index (κ2) is 9.27. The standard InChI is InChI=1S/C24H25N5O3S/c1-32-20-13-7-6-12-19(20)28-22(31)17-10-4-5-11-18(17)29-23(28)25-26-24(29)33-16-21(30)27-14-8-2-3-9-15-27/h4-7,10-13H,2-3,8-9,14-16H2,1H3. The zero-order valence-electron chi connectivity index (χ0n) is 18.4. The van der Waals surface area contributed by atoms with Crippen LogP contribution in [0, 0.1) is 0 Å². The second-order valence-corrected chi connectivity index (χ2v) is 8.97. The summed E-state index contributed by atoms with van der Waals surface area (Å²) in [5.41, 5.74) is 1.09. The Hall–Kier alpha value is -3.33. The fourth-order valence-electron chi connectivity index (χ4n) is 4.34. The van der Waals surface area contributed by atoms with E-state index >= 15 is 0 Å². The van der Waals surface area contributed by atoms with Crippen molar-refractivity contribution in [3.05, 3.63) is 58.9 Å². The van der Waals surface area contributed by atoms with E-state index in [1.54, 1.807) is 19.2 Å². The van der Waals surface area contributed by atoms with E-state index in [1.165, 1.54) is 29.2 Å². The van der Waals surface area contributed by atoms with Crippen LogP contribution in [0.3, 0.4) is 0 Å². The summed E-state index contributed by atoms with van der Waals surface area (Å²) < 4.78 is 8.88. The number of thioether (sulfide) groups is 1. The van der Waals surface area contributed by atoms with Crippen LogP contribution >= 0.6 is 11.8 Å². The maximum Gasteiger partial charge on any atom is 0.267 e. The molecule has 2 aromatic heterocycles. The summed E-state index contributed by atoms with van der Waals surface area (Å²) in [6, 6.07) is 14.7. The van der Waals surface area contributed by atoms with Gasteiger partial charge in [-0.25, -0.2) is 4.57 Å². The molecule has 0 saturated carbocycles. The first-order valence-corrected chi connectivity index (χ1v) is 12.1. The predicted octanol–water partition coefficient (Wildman–Crippen LogP) is 3.54. The van der Waals surface area contributed by atoms with Gasteiger partial charge in [0.25, 0.3) is 5.56 Å². The molecule has 4 aromatic rings. The van der Waals surface area contributed by atoms with Crippen molar-refractivity contribution in [2.75, 3.05) is 26.0 Å². The van der Waals surface area contributed by atoms with Crippen LogP contribution in [-0.2, 0) is 4.79 Å². The second-order valence-electron chi connectivity index (χ2n) is 8.03. The van der Waals surface area contributed by atoms with E-state index in [-0.39, 0.29) is 17.2 Å². The van der Waals surface area contributed by atoms with E-state index < -0.39 is 0 Å². The number of benzene rings is 2. The molecule has 9 heteroatoms. The largest absolute Gasteiger partial charge is 0.495 e. The van der Waals surface area contributed by atoms with E-state index in [0.717, 1.165) is 25.9 Å². The van der Waals surface area contributed by atoms with Gasteiger partial charge in [0.2, 0.25) is 11.7 Å². The molecule has 1 aliphatic rings. The van der Waals surface area contributed by atoms with E-state index in [4.69, 9.17) is 4.74 Å². The van der Waals surface area contributed by atoms with Crippen molar-refractivity contribution in [1.82, 2.24) is 24.1 Å². The molecule has 1 saturated heterocycles. The number of ether oxygens (including phenoxy) is 1. The number of para-hydroxylation sites is 3. The highest BCUT2D eigenvalue weighted by atomic mass is 32.2. The summed E-state index contributed by atoms with van der Waals surface area (Å²) in [5, 5.41) is 9.85. The fourth-order valence-corrected chi connectivity index (χ4v) is 5.18. The molecule has 0 radical (unpaired) electrons. The highest BCUT2D eigenvalue weighted by molar-refractivity contribution is 7.99. The molecule has 1 amide bonds. The summed E-state index contributed by atoms with van der Waals surface area (Å²) in [4.78, 5) is 28.3. The molecule has 1 fully saturated rings. The molecule has 0 spiro atoms. The van der Waals surface area contributed by atoms with E-state index in [0.29, 0.717) is 33.3 Å². The Morgan fingerprint density at radius 2 is 1.73 bits per heavy atom. The third-order valence-electron chi connectivity index (χ3n) is 6.00. The molecule has 170 valence electrons. The van der Waals surface area contributed by atoms with Crippen molar-refractivity contribution in [1.29, 1.82) is 0 Å². The maximum absolute atomic E-state index is 13.5. The minimum absolute atomic E-state index is 0.112. The van der Waals surface area contributed by atoms with E-state index in [2.05, 4.69) is 10.2 Å². The van der Waals surface area contributed by atoms with Crippen LogP contribution in [0.15, 0.2) is 58.5 Å². The Morgan fingerprint density at radius 3 is 2.52 bits per heavy atom. The van der Waals surface area contributed by atoms with Gasteiger partial charge in [-0.2, -0.15) is 0 Å². The number of carbonyl (C=O) groups is 1. The number of amides is 1. The van der Waals surface area contributed by atoms with Crippen LogP contribution < -0.4 is 10.3 Å². The van der Waals surface area contributed by atoms with Crippen molar-refractivity contribution in [2.24, 2.45) is 0 Å². The monoisotopic (exact) mass is 463 g/mol. The van der Waals surface area contributed by atoms with Gasteiger partial charge in [0.1, 0.15) is 5.75 Å². The normalized spacial score (nSPS) is 14.5. The van der Waals surface area contributed by atoms with E-state index in [9.17, 15) is 9.59 Å². The highest BCUT2D eigenvalue weighted by Gasteiger charge is 2.21. The van der Waals surface area contributed by atoms with Gasteiger partial charge in [-0.05, 0) is 37.1 Å². The van der Waals surface area contributed by atoms with Crippen molar-refractivity contribution in [3.8, 4) is 11.4 Å². The molecule has 8 nitrogen and oxygen atoms in total. The summed E-state index contributed by atoms with van der Waals surface area (Å²) in [6.45, 7) is 1.63. The number of hydrogen-bond acceptors (Lipinski definition) is 6. The average molecular weight is 464 g/mol. The lowest BCUT2D eigenvalue weighted by atomic mass is 10.2. The molecular formula is C24H25N5O3S. The van der Waals surface area contributed by atoms with Crippen LogP contribution in [0.5, 0.6) is 5.75 Å². The number of aromatic nitrogens is 4. The highest BCUT2D eigenvalue weighted by Crippen LogP contribution is 2.27. The van der Waals surface area contributed by atoms with Gasteiger partial charge >= 0.3 is 0 Å². The quantitative estimate of drug-likeness (QED) is 0.421. The molecule has 1 aliphatic heterocycles. The summed E-state index contributed by atoms with van der Waals surface area (Å²) in [5.74, 6) is 1.34. The number of hydrogen-bond donors (Lipinski definition) is 0. The molecule has 0 aliphatic carbocycles. The Kier molecular flexibility index (Phi) is 6.04. The van der Waals surface area contributed by atoms with Crippen molar-refractivity contribution in [2.45, 2.75) is 30.8 Å². The SMILES string of the molecule is COc1ccccc1-n1c(=O)c2ccccc2n2c(SCC(=O)N3CCCCCC3)nnc12. The number of rotatable bonds is 5. The predicted molar refractivity (Wildman–Crippen MR) is 128 cm³/mol. The zero-order valence-corrected chi connectivity index (χ0v) is 19.3. The smallest absolute Gasteiger partial charge is 0.267 e. The lowest BCUT2D eigenvalue weighted by molar-refractivity contribution is -0.128. The van der Waals surface area contributed by atoms with E-state index in [1.807, 2.05) is 45.7 Å². The average Bonchev–Trinajstić information content (AvgIpc) is 3.07. The lowest BCUT2D eigenvalue weighted by Crippen LogP contribution is -2.33. The van der Waals surface area contributed by atoms with Gasteiger partial charge in [0.15, 0.2) is 5.16 Å². The minimum atomic E-state index is -0.202. The van der Waals surface area contributed by atoms with Crippen LogP contribution in [0.1, 0.15) is 25.7 Å². The molecule has 0 unspecified atom stereocenters. The maximum atomic E-state index is 13.5. The molecule has 0 bridgehead atoms. The number of nitrogens with zero attached hydrogens (tertiary/aromatic N) is 5. The van der Waals surface area contributed by atoms with Gasteiger partial charge in [-0.1, -0.05) is 48.9 Å². The third kappa shape index (κ3) is 3.97. The van der Waals surface area contributed by atoms with Crippen molar-refractivity contribution >= 4 is 34.3 Å². The van der Waals surface area contributed by atoms with Gasteiger partial charge in [0, 0.05) is 13.1 Å². The molecule has 0 atom stereocenters. The molecule has 2 aromatic carbocycles. The summed E-state index contributed by atoms with van der Waals surface area (Å²) in [6.07, 6.45) is 4.47. The topological polar surface area (TPSA) is 81.7 Å². The molecule has 3 heterocycles. The van der Waals surface area contributed by atoms with Crippen LogP contribution in [-0.4, -0.2) is 55.9 Å². The van der Waals surface area contributed by atoms with Gasteiger partial charge in [-0.3, -0.25) is 14.0 Å². The van der Waals surface area contributed by atoms with Crippen molar-refractivity contribution in [3.63, 3.8) is 0 Å². The van der Waals surface area contributed by atoms with Crippen LogP contribution in [0.25, 0.3) is 22.4 Å². The number of carbonyl (C=O) groups excluding carboxylic acids is 1. The first-order chi connectivity index (χ1) is 16.2. The van der Waals surface area contributed by atoms with Gasteiger partial charge < -0.3 is 9.64 Å². The Labute approximate surface area is 195 Å². The molecule has 0 N–H and O–H groups in total. The molecule has 5 rings (SSSR count). The Morgan fingerprint density at radius 1 is 1.00 bits per heavy atom. The third-order valence-corrected chi connectivity index (χ3v) is 6.92. The summed E-state index contributed by atoms with van der Waals surface area (Å²) in [7, 11) is 1.57. The van der Waals surface area contributed by atoms with Gasteiger partial charge in [0.05, 0.1) is 29.5 Å². The summed E-state index contributed by atoms with van der Waals surface area (Å²) >= 11 is 1.35. The number of likely N-dealkylation sites (tertiary alicyclic amines) is 1. The first kappa shape index (κ1) is 21.5. The van der Waals surface area contributed by atoms with Crippen LogP contribution in [0.2, 0.25) is 0 Å². The van der Waals surface area contributed by atoms with Gasteiger partial charge in [-0.15, -0.1) is 10.2 Å². The molecular weight excluding hydrogens is 438 g/mol. The zero-order chi connectivity index (χ0) is 22.8. The Balaban J connectivity index is 1.60. The lowest BCUT2D eigenvalue weighted by Gasteiger charge is -2.19. The fraction of sp³-hybridized carbons (Fsp3) is 0.333.